The first-order valence-corrected chi connectivity index (χ1v) is 5.51. The van der Waals surface area contributed by atoms with Crippen LogP contribution in [0.4, 0.5) is 10.1 Å². The number of benzene rings is 1. The molecule has 1 rings (SSSR count). The Bertz CT molecular complexity index is 360. The second kappa shape index (κ2) is 6.40. The Balaban J connectivity index is 2.66. The maximum atomic E-state index is 13.3. The number of rotatable bonds is 4. The van der Waals surface area contributed by atoms with Crippen LogP contribution in [0.15, 0.2) is 24.3 Å². The molecule has 0 amide bonds. The molecule has 0 aliphatic rings. The Morgan fingerprint density at radius 3 is 2.75 bits per heavy atom. The van der Waals surface area contributed by atoms with Crippen LogP contribution in [0.5, 0.6) is 0 Å². The number of thiocarbonyl (C=S) groups is 1. The molecule has 1 aromatic rings. The second-order valence-corrected chi connectivity index (χ2v) is 3.60. The predicted molar refractivity (Wildman–Crippen MR) is 67.0 cm³/mol. The molecule has 0 heterocycles. The molecule has 0 saturated heterocycles. The number of likely N-dealkylation sites (N-methyl/N-ethyl adjacent to an activating group) is 1. The first-order chi connectivity index (χ1) is 7.69. The molecular formula is C11H15FN2OS. The van der Waals surface area contributed by atoms with Crippen LogP contribution < -0.4 is 5.32 Å². The minimum Gasteiger partial charge on any atom is -0.395 e. The van der Waals surface area contributed by atoms with Crippen molar-refractivity contribution >= 4 is 23.0 Å². The summed E-state index contributed by atoms with van der Waals surface area (Å²) in [6, 6.07) is 6.34. The van der Waals surface area contributed by atoms with Gasteiger partial charge < -0.3 is 15.3 Å². The predicted octanol–water partition coefficient (Wildman–Crippen LogP) is 1.84. The third-order valence-electron chi connectivity index (χ3n) is 2.15. The molecule has 0 spiro atoms. The fourth-order valence-electron chi connectivity index (χ4n) is 1.28. The molecule has 3 nitrogen and oxygen atoms in total. The fraction of sp³-hybridized carbons (Fsp3) is 0.364. The Morgan fingerprint density at radius 2 is 2.19 bits per heavy atom. The van der Waals surface area contributed by atoms with E-state index in [0.29, 0.717) is 23.9 Å². The summed E-state index contributed by atoms with van der Waals surface area (Å²) in [6.45, 7) is 3.05. The van der Waals surface area contributed by atoms with E-state index in [0.717, 1.165) is 0 Å². The molecule has 0 bridgehead atoms. The number of nitrogens with one attached hydrogen (secondary N) is 1. The van der Waals surface area contributed by atoms with Crippen molar-refractivity contribution in [1.29, 1.82) is 0 Å². The van der Waals surface area contributed by atoms with Crippen molar-refractivity contribution in [3.8, 4) is 0 Å². The molecule has 0 fully saturated rings. The standard InChI is InChI=1S/C11H15FN2OS/c1-2-14(7-8-15)11(16)13-10-6-4-3-5-9(10)12/h3-6,15H,2,7-8H2,1H3,(H,13,16). The smallest absolute Gasteiger partial charge is 0.173 e. The molecule has 0 radical (unpaired) electrons. The Hall–Kier alpha value is -1.20. The van der Waals surface area contributed by atoms with Crippen molar-refractivity contribution in [2.75, 3.05) is 25.0 Å². The van der Waals surface area contributed by atoms with E-state index in [1.165, 1.54) is 6.07 Å². The maximum absolute atomic E-state index is 13.3. The van der Waals surface area contributed by atoms with E-state index in [9.17, 15) is 4.39 Å². The highest BCUT2D eigenvalue weighted by atomic mass is 32.1. The summed E-state index contributed by atoms with van der Waals surface area (Å²) < 4.78 is 13.3. The molecule has 0 aliphatic carbocycles. The molecule has 0 atom stereocenters. The number of hydrogen-bond donors (Lipinski definition) is 2. The Morgan fingerprint density at radius 1 is 1.50 bits per heavy atom. The molecule has 16 heavy (non-hydrogen) atoms. The lowest BCUT2D eigenvalue weighted by Gasteiger charge is -2.23. The van der Waals surface area contributed by atoms with E-state index in [4.69, 9.17) is 17.3 Å². The number of nitrogens with zero attached hydrogens (tertiary/aromatic N) is 1. The van der Waals surface area contributed by atoms with Gasteiger partial charge in [0.25, 0.3) is 0 Å². The average molecular weight is 242 g/mol. The molecule has 0 saturated carbocycles. The van der Waals surface area contributed by atoms with Gasteiger partial charge in [0.05, 0.1) is 12.3 Å². The molecule has 0 aliphatic heterocycles. The van der Waals surface area contributed by atoms with Crippen molar-refractivity contribution < 1.29 is 9.50 Å². The van der Waals surface area contributed by atoms with Gasteiger partial charge in [-0.15, -0.1) is 0 Å². The zero-order valence-electron chi connectivity index (χ0n) is 9.11. The zero-order chi connectivity index (χ0) is 12.0. The topological polar surface area (TPSA) is 35.5 Å². The SMILES string of the molecule is CCN(CCO)C(=S)Nc1ccccc1F. The Kier molecular flexibility index (Phi) is 5.14. The van der Waals surface area contributed by atoms with Crippen molar-refractivity contribution in [1.82, 2.24) is 4.90 Å². The second-order valence-electron chi connectivity index (χ2n) is 3.21. The molecular weight excluding hydrogens is 227 g/mol. The van der Waals surface area contributed by atoms with Gasteiger partial charge in [0.2, 0.25) is 0 Å². The highest BCUT2D eigenvalue weighted by molar-refractivity contribution is 7.80. The monoisotopic (exact) mass is 242 g/mol. The van der Waals surface area contributed by atoms with E-state index < -0.39 is 0 Å². The Labute approximate surface area is 99.9 Å². The first-order valence-electron chi connectivity index (χ1n) is 5.10. The molecule has 1 aromatic carbocycles. The van der Waals surface area contributed by atoms with Gasteiger partial charge in [0, 0.05) is 13.1 Å². The first kappa shape index (κ1) is 12.9. The van der Waals surface area contributed by atoms with Gasteiger partial charge in [-0.2, -0.15) is 0 Å². The highest BCUT2D eigenvalue weighted by Crippen LogP contribution is 2.13. The van der Waals surface area contributed by atoms with Gasteiger partial charge >= 0.3 is 0 Å². The van der Waals surface area contributed by atoms with Crippen LogP contribution in [0.1, 0.15) is 6.92 Å². The normalized spacial score (nSPS) is 9.94. The largest absolute Gasteiger partial charge is 0.395 e. The number of anilines is 1. The van der Waals surface area contributed by atoms with E-state index >= 15 is 0 Å². The van der Waals surface area contributed by atoms with Crippen LogP contribution in [0.25, 0.3) is 0 Å². The summed E-state index contributed by atoms with van der Waals surface area (Å²) in [5.74, 6) is -0.343. The molecule has 0 aromatic heterocycles. The lowest BCUT2D eigenvalue weighted by Crippen LogP contribution is -2.36. The summed E-state index contributed by atoms with van der Waals surface area (Å²) in [6.07, 6.45) is 0. The minimum absolute atomic E-state index is 0.0208. The number of para-hydroxylation sites is 1. The van der Waals surface area contributed by atoms with Crippen molar-refractivity contribution in [3.05, 3.63) is 30.1 Å². The number of aliphatic hydroxyl groups excluding tert-OH is 1. The van der Waals surface area contributed by atoms with Gasteiger partial charge in [-0.1, -0.05) is 12.1 Å². The van der Waals surface area contributed by atoms with Crippen LogP contribution >= 0.6 is 12.2 Å². The van der Waals surface area contributed by atoms with E-state index in [1.807, 2.05) is 6.92 Å². The molecule has 5 heteroatoms. The van der Waals surface area contributed by atoms with Gasteiger partial charge in [-0.05, 0) is 31.3 Å². The summed E-state index contributed by atoms with van der Waals surface area (Å²) in [4.78, 5) is 1.77. The quantitative estimate of drug-likeness (QED) is 0.790. The van der Waals surface area contributed by atoms with Crippen LogP contribution in [0, 0.1) is 5.82 Å². The summed E-state index contributed by atoms with van der Waals surface area (Å²) >= 11 is 5.12. The van der Waals surface area contributed by atoms with Crippen molar-refractivity contribution in [2.24, 2.45) is 0 Å². The summed E-state index contributed by atoms with van der Waals surface area (Å²) in [5.41, 5.74) is 0.351. The highest BCUT2D eigenvalue weighted by Gasteiger charge is 2.08. The lowest BCUT2D eigenvalue weighted by molar-refractivity contribution is 0.254. The summed E-state index contributed by atoms with van der Waals surface area (Å²) in [5, 5.41) is 12.1. The van der Waals surface area contributed by atoms with Crippen LogP contribution in [-0.4, -0.2) is 34.8 Å². The van der Waals surface area contributed by atoms with Gasteiger partial charge in [-0.25, -0.2) is 4.39 Å². The average Bonchev–Trinajstić information content (AvgIpc) is 2.29. The number of hydrogen-bond acceptors (Lipinski definition) is 2. The van der Waals surface area contributed by atoms with Crippen LogP contribution in [-0.2, 0) is 0 Å². The van der Waals surface area contributed by atoms with Crippen LogP contribution in [0.3, 0.4) is 0 Å². The van der Waals surface area contributed by atoms with Crippen molar-refractivity contribution in [2.45, 2.75) is 6.92 Å². The molecule has 2 N–H and O–H groups in total. The van der Waals surface area contributed by atoms with Gasteiger partial charge in [0.15, 0.2) is 5.11 Å². The van der Waals surface area contributed by atoms with Crippen molar-refractivity contribution in [3.63, 3.8) is 0 Å². The number of halogens is 1. The molecule has 88 valence electrons. The van der Waals surface area contributed by atoms with E-state index in [-0.39, 0.29) is 12.4 Å². The zero-order valence-corrected chi connectivity index (χ0v) is 9.93. The van der Waals surface area contributed by atoms with Crippen LogP contribution in [0.2, 0.25) is 0 Å². The third kappa shape index (κ3) is 3.43. The maximum Gasteiger partial charge on any atom is 0.173 e. The van der Waals surface area contributed by atoms with E-state index in [2.05, 4.69) is 5.32 Å². The van der Waals surface area contributed by atoms with E-state index in [1.54, 1.807) is 23.1 Å². The fourth-order valence-corrected chi connectivity index (χ4v) is 1.61. The van der Waals surface area contributed by atoms with Gasteiger partial charge in [0.1, 0.15) is 5.82 Å². The lowest BCUT2D eigenvalue weighted by atomic mass is 10.3. The molecule has 0 unspecified atom stereocenters. The van der Waals surface area contributed by atoms with Gasteiger partial charge in [-0.3, -0.25) is 0 Å². The summed E-state index contributed by atoms with van der Waals surface area (Å²) in [7, 11) is 0. The minimum atomic E-state index is -0.343. The third-order valence-corrected chi connectivity index (χ3v) is 2.51. The number of aliphatic hydroxyl groups is 1.